The second-order valence-electron chi connectivity index (χ2n) is 11.5. The summed E-state index contributed by atoms with van der Waals surface area (Å²) in [5.41, 5.74) is 2.79. The summed E-state index contributed by atoms with van der Waals surface area (Å²) in [7, 11) is 2.21. The predicted octanol–water partition coefficient (Wildman–Crippen LogP) is 6.36. The van der Waals surface area contributed by atoms with Crippen LogP contribution in [0.1, 0.15) is 70.9 Å². The first-order chi connectivity index (χ1) is 14.9. The van der Waals surface area contributed by atoms with Crippen molar-refractivity contribution in [2.24, 2.45) is 11.3 Å². The molecule has 2 atom stereocenters. The number of fused-ring (bicyclic) bond motifs is 1. The number of piperidine rings is 1. The molecule has 2 aliphatic rings. The summed E-state index contributed by atoms with van der Waals surface area (Å²) in [6.45, 7) is 15.5. The van der Waals surface area contributed by atoms with Gasteiger partial charge in [0.15, 0.2) is 0 Å². The number of amides is 1. The average Bonchev–Trinajstić information content (AvgIpc) is 3.08. The maximum absolute atomic E-state index is 13.0. The van der Waals surface area contributed by atoms with Crippen molar-refractivity contribution in [3.63, 3.8) is 0 Å². The molecule has 5 nitrogen and oxygen atoms in total. The van der Waals surface area contributed by atoms with E-state index in [0.717, 1.165) is 36.3 Å². The molecule has 3 heterocycles. The molecule has 0 unspecified atom stereocenters. The standard InChI is InChI=1S/C26H37N3O2S/c1-17-8-10-21(29(14-17)24(30)31-25(2,3)4)18-9-11-22-20(12-18)27-23(32-22)19-13-26(5,6)16-28(7)15-19/h9-12,17,19H,8,13-16H2,1-7H3/t17-,19-/m0/s1. The molecule has 32 heavy (non-hydrogen) atoms. The van der Waals surface area contributed by atoms with Gasteiger partial charge >= 0.3 is 6.09 Å². The molecule has 1 amide bonds. The van der Waals surface area contributed by atoms with Crippen LogP contribution in [0.5, 0.6) is 0 Å². The summed E-state index contributed by atoms with van der Waals surface area (Å²) in [5.74, 6) is 0.880. The predicted molar refractivity (Wildman–Crippen MR) is 133 cm³/mol. The highest BCUT2D eigenvalue weighted by Crippen LogP contribution is 2.40. The van der Waals surface area contributed by atoms with Gasteiger partial charge in [-0.3, -0.25) is 4.90 Å². The zero-order chi connectivity index (χ0) is 23.3. The van der Waals surface area contributed by atoms with Crippen LogP contribution in [0.15, 0.2) is 24.3 Å². The molecule has 2 aliphatic heterocycles. The Kier molecular flexibility index (Phi) is 6.14. The highest BCUT2D eigenvalue weighted by atomic mass is 32.1. The largest absolute Gasteiger partial charge is 0.443 e. The summed E-state index contributed by atoms with van der Waals surface area (Å²) in [4.78, 5) is 22.2. The number of rotatable bonds is 2. The third-order valence-corrected chi connectivity index (χ3v) is 7.39. The van der Waals surface area contributed by atoms with Crippen molar-refractivity contribution in [1.82, 2.24) is 14.8 Å². The van der Waals surface area contributed by atoms with Crippen LogP contribution in [-0.2, 0) is 4.74 Å². The minimum absolute atomic E-state index is 0.276. The van der Waals surface area contributed by atoms with Gasteiger partial charge in [0.25, 0.3) is 0 Å². The van der Waals surface area contributed by atoms with Crippen molar-refractivity contribution < 1.29 is 9.53 Å². The molecule has 0 aliphatic carbocycles. The van der Waals surface area contributed by atoms with Crippen LogP contribution in [-0.4, -0.2) is 53.2 Å². The Balaban J connectivity index is 1.63. The number of ether oxygens (including phenoxy) is 1. The average molecular weight is 456 g/mol. The van der Waals surface area contributed by atoms with E-state index in [4.69, 9.17) is 9.72 Å². The fourth-order valence-corrected chi connectivity index (χ4v) is 6.12. The Morgan fingerprint density at radius 2 is 2.00 bits per heavy atom. The number of thiazole rings is 1. The van der Waals surface area contributed by atoms with Crippen LogP contribution < -0.4 is 0 Å². The second-order valence-corrected chi connectivity index (χ2v) is 12.6. The lowest BCUT2D eigenvalue weighted by atomic mass is 9.79. The topological polar surface area (TPSA) is 45.7 Å². The van der Waals surface area contributed by atoms with E-state index in [9.17, 15) is 4.79 Å². The molecule has 0 saturated carbocycles. The third kappa shape index (κ3) is 5.18. The van der Waals surface area contributed by atoms with Crippen molar-refractivity contribution in [3.8, 4) is 0 Å². The van der Waals surface area contributed by atoms with Crippen LogP contribution in [0.3, 0.4) is 0 Å². The van der Waals surface area contributed by atoms with Crippen molar-refractivity contribution >= 4 is 33.3 Å². The number of likely N-dealkylation sites (tertiary alicyclic amines) is 1. The Morgan fingerprint density at radius 3 is 2.69 bits per heavy atom. The van der Waals surface area contributed by atoms with Gasteiger partial charge in [-0.25, -0.2) is 9.78 Å². The molecule has 1 fully saturated rings. The molecular formula is C26H37N3O2S. The van der Waals surface area contributed by atoms with E-state index in [2.05, 4.69) is 57.0 Å². The molecule has 6 heteroatoms. The quantitative estimate of drug-likeness (QED) is 0.529. The number of benzene rings is 1. The van der Waals surface area contributed by atoms with E-state index in [-0.39, 0.29) is 6.09 Å². The minimum atomic E-state index is -0.516. The number of likely N-dealkylation sites (N-methyl/N-ethyl adjacent to an activating group) is 1. The molecule has 2 aromatic rings. The van der Waals surface area contributed by atoms with Crippen LogP contribution in [0, 0.1) is 11.3 Å². The Hall–Kier alpha value is -1.92. The van der Waals surface area contributed by atoms with Gasteiger partial charge in [0.2, 0.25) is 0 Å². The number of carbonyl (C=O) groups excluding carboxylic acids is 1. The first kappa shape index (κ1) is 23.2. The van der Waals surface area contributed by atoms with Crippen LogP contribution in [0.25, 0.3) is 15.9 Å². The lowest BCUT2D eigenvalue weighted by Crippen LogP contribution is -2.41. The zero-order valence-electron chi connectivity index (χ0n) is 20.6. The fourth-order valence-electron chi connectivity index (χ4n) is 5.08. The van der Waals surface area contributed by atoms with E-state index >= 15 is 0 Å². The number of carbonyl (C=O) groups is 1. The summed E-state index contributed by atoms with van der Waals surface area (Å²) in [5, 5.41) is 1.23. The second kappa shape index (κ2) is 8.45. The molecule has 1 saturated heterocycles. The van der Waals surface area contributed by atoms with Crippen LogP contribution in [0.2, 0.25) is 0 Å². The van der Waals surface area contributed by atoms with Gasteiger partial charge in [0.05, 0.1) is 20.9 Å². The number of hydrogen-bond acceptors (Lipinski definition) is 5. The number of hydrogen-bond donors (Lipinski definition) is 0. The SMILES string of the molecule is C[C@H]1CC=C(c2ccc3sc([C@@H]4CN(C)CC(C)(C)C4)nc3c2)N(C(=O)OC(C)(C)C)C1. The van der Waals surface area contributed by atoms with E-state index < -0.39 is 5.60 Å². The van der Waals surface area contributed by atoms with E-state index in [1.807, 2.05) is 32.1 Å². The fraction of sp³-hybridized carbons (Fsp3) is 0.615. The molecule has 0 radical (unpaired) electrons. The van der Waals surface area contributed by atoms with Gasteiger partial charge < -0.3 is 9.64 Å². The molecular weight excluding hydrogens is 418 g/mol. The highest BCUT2D eigenvalue weighted by Gasteiger charge is 2.34. The smallest absolute Gasteiger partial charge is 0.414 e. The Morgan fingerprint density at radius 1 is 1.25 bits per heavy atom. The molecule has 0 spiro atoms. The summed E-state index contributed by atoms with van der Waals surface area (Å²) < 4.78 is 6.92. The maximum Gasteiger partial charge on any atom is 0.414 e. The summed E-state index contributed by atoms with van der Waals surface area (Å²) in [6.07, 6.45) is 4.02. The third-order valence-electron chi connectivity index (χ3n) is 6.19. The van der Waals surface area contributed by atoms with E-state index in [0.29, 0.717) is 23.8 Å². The van der Waals surface area contributed by atoms with E-state index in [1.165, 1.54) is 16.1 Å². The number of nitrogens with zero attached hydrogens (tertiary/aromatic N) is 3. The van der Waals surface area contributed by atoms with Gasteiger partial charge in [0, 0.05) is 31.1 Å². The molecule has 1 aromatic carbocycles. The highest BCUT2D eigenvalue weighted by molar-refractivity contribution is 7.18. The lowest BCUT2D eigenvalue weighted by Gasteiger charge is -2.40. The molecule has 1 aromatic heterocycles. The van der Waals surface area contributed by atoms with Crippen molar-refractivity contribution in [2.45, 2.75) is 65.9 Å². The molecule has 4 rings (SSSR count). The Bertz CT molecular complexity index is 1030. The first-order valence-electron chi connectivity index (χ1n) is 11.7. The van der Waals surface area contributed by atoms with Crippen molar-refractivity contribution in [1.29, 1.82) is 0 Å². The summed E-state index contributed by atoms with van der Waals surface area (Å²) >= 11 is 1.81. The first-order valence-corrected chi connectivity index (χ1v) is 12.5. The number of aromatic nitrogens is 1. The lowest BCUT2D eigenvalue weighted by molar-refractivity contribution is 0.0327. The summed E-state index contributed by atoms with van der Waals surface area (Å²) in [6, 6.07) is 6.43. The van der Waals surface area contributed by atoms with Crippen molar-refractivity contribution in [2.75, 3.05) is 26.7 Å². The molecule has 0 bridgehead atoms. The minimum Gasteiger partial charge on any atom is -0.443 e. The number of allylic oxidation sites excluding steroid dienone is 1. The maximum atomic E-state index is 13.0. The normalized spacial score (nSPS) is 24.5. The van der Waals surface area contributed by atoms with Crippen LogP contribution in [0.4, 0.5) is 4.79 Å². The van der Waals surface area contributed by atoms with Gasteiger partial charge in [-0.05, 0) is 64.1 Å². The van der Waals surface area contributed by atoms with Crippen molar-refractivity contribution in [3.05, 3.63) is 34.8 Å². The monoisotopic (exact) mass is 455 g/mol. The van der Waals surface area contributed by atoms with Gasteiger partial charge in [-0.2, -0.15) is 0 Å². The molecule has 0 N–H and O–H groups in total. The van der Waals surface area contributed by atoms with Gasteiger partial charge in [-0.15, -0.1) is 11.3 Å². The zero-order valence-corrected chi connectivity index (χ0v) is 21.4. The molecule has 174 valence electrons. The van der Waals surface area contributed by atoms with Gasteiger partial charge in [-0.1, -0.05) is 32.9 Å². The van der Waals surface area contributed by atoms with E-state index in [1.54, 1.807) is 4.90 Å². The van der Waals surface area contributed by atoms with Gasteiger partial charge in [0.1, 0.15) is 5.60 Å². The van der Waals surface area contributed by atoms with Crippen LogP contribution >= 0.6 is 11.3 Å². The Labute approximate surface area is 196 Å².